The molecule has 1 heterocycles. The van der Waals surface area contributed by atoms with Crippen LogP contribution in [0.2, 0.25) is 0 Å². The number of benzene rings is 1. The average molecular weight is 245 g/mol. The Labute approximate surface area is 107 Å². The number of hydrogen-bond donors (Lipinski definition) is 3. The van der Waals surface area contributed by atoms with Crippen LogP contribution in [0.4, 0.5) is 5.69 Å². The largest absolute Gasteiger partial charge is 0.359 e. The number of aryl methyl sites for hydroxylation is 1. The SMILES string of the molecule is Cc1cc2cc(NC(=O)CCC(C)N)ccc2[nH]1. The third kappa shape index (κ3) is 3.11. The van der Waals surface area contributed by atoms with Crippen LogP contribution >= 0.6 is 0 Å². The van der Waals surface area contributed by atoms with E-state index in [-0.39, 0.29) is 11.9 Å². The van der Waals surface area contributed by atoms with E-state index >= 15 is 0 Å². The summed E-state index contributed by atoms with van der Waals surface area (Å²) in [4.78, 5) is 14.9. The quantitative estimate of drug-likeness (QED) is 0.774. The first-order valence-electron chi connectivity index (χ1n) is 6.19. The number of carbonyl (C=O) groups excluding carboxylic acids is 1. The normalized spacial score (nSPS) is 12.6. The Hall–Kier alpha value is -1.81. The average Bonchev–Trinajstić information content (AvgIpc) is 2.66. The molecule has 1 aromatic carbocycles. The molecule has 4 N–H and O–H groups in total. The van der Waals surface area contributed by atoms with Crippen molar-refractivity contribution >= 4 is 22.5 Å². The number of fused-ring (bicyclic) bond motifs is 1. The van der Waals surface area contributed by atoms with Crippen molar-refractivity contribution in [3.63, 3.8) is 0 Å². The van der Waals surface area contributed by atoms with Crippen molar-refractivity contribution in [3.05, 3.63) is 30.0 Å². The summed E-state index contributed by atoms with van der Waals surface area (Å²) >= 11 is 0. The van der Waals surface area contributed by atoms with E-state index in [0.717, 1.165) is 22.3 Å². The smallest absolute Gasteiger partial charge is 0.224 e. The summed E-state index contributed by atoms with van der Waals surface area (Å²) in [5.74, 6) is 0.0129. The lowest BCUT2D eigenvalue weighted by Crippen LogP contribution is -2.19. The number of nitrogens with one attached hydrogen (secondary N) is 2. The van der Waals surface area contributed by atoms with Crippen molar-refractivity contribution < 1.29 is 4.79 Å². The van der Waals surface area contributed by atoms with Gasteiger partial charge in [-0.1, -0.05) is 0 Å². The van der Waals surface area contributed by atoms with Gasteiger partial charge in [0.1, 0.15) is 0 Å². The number of rotatable bonds is 4. The van der Waals surface area contributed by atoms with Gasteiger partial charge in [-0.2, -0.15) is 0 Å². The maximum Gasteiger partial charge on any atom is 0.224 e. The molecule has 0 fully saturated rings. The van der Waals surface area contributed by atoms with Crippen LogP contribution in [0.25, 0.3) is 10.9 Å². The number of aromatic amines is 1. The van der Waals surface area contributed by atoms with Gasteiger partial charge in [0.15, 0.2) is 0 Å². The molecule has 0 radical (unpaired) electrons. The van der Waals surface area contributed by atoms with Crippen LogP contribution in [-0.4, -0.2) is 16.9 Å². The minimum Gasteiger partial charge on any atom is -0.359 e. The molecule has 0 aliphatic carbocycles. The number of aromatic nitrogens is 1. The monoisotopic (exact) mass is 245 g/mol. The first-order chi connectivity index (χ1) is 8.54. The van der Waals surface area contributed by atoms with Gasteiger partial charge in [-0.3, -0.25) is 4.79 Å². The number of H-pyrrole nitrogens is 1. The molecule has 18 heavy (non-hydrogen) atoms. The summed E-state index contributed by atoms with van der Waals surface area (Å²) in [6, 6.07) is 7.98. The second kappa shape index (κ2) is 5.23. The Morgan fingerprint density at radius 1 is 1.44 bits per heavy atom. The van der Waals surface area contributed by atoms with Gasteiger partial charge in [-0.15, -0.1) is 0 Å². The molecule has 96 valence electrons. The molecule has 0 saturated carbocycles. The van der Waals surface area contributed by atoms with Crippen LogP contribution in [0.15, 0.2) is 24.3 Å². The highest BCUT2D eigenvalue weighted by molar-refractivity contribution is 5.93. The molecule has 4 heteroatoms. The van der Waals surface area contributed by atoms with Crippen molar-refractivity contribution in [1.29, 1.82) is 0 Å². The summed E-state index contributed by atoms with van der Waals surface area (Å²) in [5, 5.41) is 4.00. The number of nitrogens with two attached hydrogens (primary N) is 1. The van der Waals surface area contributed by atoms with Crippen LogP contribution < -0.4 is 11.1 Å². The van der Waals surface area contributed by atoms with Crippen LogP contribution in [0, 0.1) is 6.92 Å². The lowest BCUT2D eigenvalue weighted by Gasteiger charge is -2.07. The number of carbonyl (C=O) groups is 1. The molecule has 0 bridgehead atoms. The van der Waals surface area contributed by atoms with Gasteiger partial charge in [0.05, 0.1) is 0 Å². The molecule has 1 atom stereocenters. The zero-order chi connectivity index (χ0) is 13.1. The lowest BCUT2D eigenvalue weighted by atomic mass is 10.2. The summed E-state index contributed by atoms with van der Waals surface area (Å²) in [5.41, 5.74) is 8.66. The molecule has 2 rings (SSSR count). The topological polar surface area (TPSA) is 70.9 Å². The van der Waals surface area contributed by atoms with Gasteiger partial charge in [-0.05, 0) is 44.5 Å². The summed E-state index contributed by atoms with van der Waals surface area (Å²) in [7, 11) is 0. The van der Waals surface area contributed by atoms with Crippen molar-refractivity contribution in [2.75, 3.05) is 5.32 Å². The molecule has 0 aliphatic heterocycles. The minimum absolute atomic E-state index is 0.0129. The fourth-order valence-corrected chi connectivity index (χ4v) is 1.94. The summed E-state index contributed by atoms with van der Waals surface area (Å²) in [6.07, 6.45) is 1.17. The van der Waals surface area contributed by atoms with Crippen LogP contribution in [-0.2, 0) is 4.79 Å². The zero-order valence-corrected chi connectivity index (χ0v) is 10.8. The molecule has 0 aliphatic rings. The molecule has 1 aromatic heterocycles. The predicted octanol–water partition coefficient (Wildman–Crippen LogP) is 2.54. The molecule has 1 amide bonds. The van der Waals surface area contributed by atoms with Crippen molar-refractivity contribution in [3.8, 4) is 0 Å². The van der Waals surface area contributed by atoms with Gasteiger partial charge in [0, 0.05) is 34.7 Å². The van der Waals surface area contributed by atoms with Gasteiger partial charge >= 0.3 is 0 Å². The Kier molecular flexibility index (Phi) is 3.67. The van der Waals surface area contributed by atoms with Crippen molar-refractivity contribution in [2.24, 2.45) is 5.73 Å². The Balaban J connectivity index is 2.05. The van der Waals surface area contributed by atoms with Gasteiger partial charge in [0.2, 0.25) is 5.91 Å². The van der Waals surface area contributed by atoms with E-state index in [4.69, 9.17) is 5.73 Å². The van der Waals surface area contributed by atoms with Gasteiger partial charge in [0.25, 0.3) is 0 Å². The first-order valence-corrected chi connectivity index (χ1v) is 6.19. The molecule has 0 saturated heterocycles. The predicted molar refractivity (Wildman–Crippen MR) is 74.5 cm³/mol. The molecular weight excluding hydrogens is 226 g/mol. The van der Waals surface area contributed by atoms with E-state index in [0.29, 0.717) is 12.8 Å². The maximum absolute atomic E-state index is 11.7. The van der Waals surface area contributed by atoms with Crippen LogP contribution in [0.5, 0.6) is 0 Å². The van der Waals surface area contributed by atoms with E-state index in [1.807, 2.05) is 32.0 Å². The van der Waals surface area contributed by atoms with Crippen molar-refractivity contribution in [1.82, 2.24) is 4.98 Å². The highest BCUT2D eigenvalue weighted by Crippen LogP contribution is 2.20. The zero-order valence-electron chi connectivity index (χ0n) is 10.8. The number of amides is 1. The Morgan fingerprint density at radius 3 is 2.94 bits per heavy atom. The van der Waals surface area contributed by atoms with Gasteiger partial charge < -0.3 is 16.0 Å². The Bertz CT molecular complexity index is 557. The van der Waals surface area contributed by atoms with E-state index in [2.05, 4.69) is 16.4 Å². The number of anilines is 1. The lowest BCUT2D eigenvalue weighted by molar-refractivity contribution is -0.116. The highest BCUT2D eigenvalue weighted by Gasteiger charge is 2.05. The van der Waals surface area contributed by atoms with Crippen LogP contribution in [0.3, 0.4) is 0 Å². The fourth-order valence-electron chi connectivity index (χ4n) is 1.94. The first kappa shape index (κ1) is 12.6. The van der Waals surface area contributed by atoms with E-state index in [9.17, 15) is 4.79 Å². The highest BCUT2D eigenvalue weighted by atomic mass is 16.1. The van der Waals surface area contributed by atoms with Crippen LogP contribution in [0.1, 0.15) is 25.5 Å². The minimum atomic E-state index is 0.0129. The fraction of sp³-hybridized carbons (Fsp3) is 0.357. The van der Waals surface area contributed by atoms with Crippen molar-refractivity contribution in [2.45, 2.75) is 32.7 Å². The second-order valence-electron chi connectivity index (χ2n) is 4.82. The standard InChI is InChI=1S/C14H19N3O/c1-9(15)3-6-14(18)17-12-4-5-13-11(8-12)7-10(2)16-13/h4-5,7-9,16H,3,6,15H2,1-2H3,(H,17,18). The second-order valence-corrected chi connectivity index (χ2v) is 4.82. The van der Waals surface area contributed by atoms with E-state index < -0.39 is 0 Å². The third-order valence-electron chi connectivity index (χ3n) is 2.87. The molecule has 1 unspecified atom stereocenters. The molecule has 4 nitrogen and oxygen atoms in total. The molecular formula is C14H19N3O. The van der Waals surface area contributed by atoms with Gasteiger partial charge in [-0.25, -0.2) is 0 Å². The van der Waals surface area contributed by atoms with E-state index in [1.54, 1.807) is 0 Å². The molecule has 0 spiro atoms. The third-order valence-corrected chi connectivity index (χ3v) is 2.87. The number of hydrogen-bond acceptors (Lipinski definition) is 2. The Morgan fingerprint density at radius 2 is 2.22 bits per heavy atom. The summed E-state index contributed by atoms with van der Waals surface area (Å²) in [6.45, 7) is 3.92. The van der Waals surface area contributed by atoms with E-state index in [1.165, 1.54) is 0 Å². The maximum atomic E-state index is 11.7. The molecule has 2 aromatic rings. The summed E-state index contributed by atoms with van der Waals surface area (Å²) < 4.78 is 0.